The Bertz CT molecular complexity index is 344. The SMILES string of the molecule is CCNC(c1ccncc1F)C(OCC)OCC. The molecule has 18 heavy (non-hydrogen) atoms. The topological polar surface area (TPSA) is 43.4 Å². The highest BCUT2D eigenvalue weighted by Gasteiger charge is 2.25. The molecule has 0 aliphatic rings. The highest BCUT2D eigenvalue weighted by atomic mass is 19.1. The summed E-state index contributed by atoms with van der Waals surface area (Å²) < 4.78 is 24.9. The lowest BCUT2D eigenvalue weighted by molar-refractivity contribution is -0.155. The normalized spacial score (nSPS) is 12.9. The van der Waals surface area contributed by atoms with Gasteiger partial charge in [0.05, 0.1) is 12.2 Å². The molecule has 0 saturated heterocycles. The third kappa shape index (κ3) is 4.01. The molecule has 1 rings (SSSR count). The summed E-state index contributed by atoms with van der Waals surface area (Å²) in [6, 6.07) is 1.31. The maximum absolute atomic E-state index is 13.8. The monoisotopic (exact) mass is 256 g/mol. The Balaban J connectivity index is 2.95. The number of hydrogen-bond donors (Lipinski definition) is 1. The summed E-state index contributed by atoms with van der Waals surface area (Å²) in [5, 5.41) is 3.19. The van der Waals surface area contributed by atoms with Crippen molar-refractivity contribution in [1.82, 2.24) is 10.3 Å². The number of likely N-dealkylation sites (N-methyl/N-ethyl adjacent to an activating group) is 1. The molecule has 0 saturated carbocycles. The van der Waals surface area contributed by atoms with Crippen LogP contribution in [-0.4, -0.2) is 31.0 Å². The maximum atomic E-state index is 13.8. The zero-order valence-electron chi connectivity index (χ0n) is 11.1. The van der Waals surface area contributed by atoms with Gasteiger partial charge in [0.25, 0.3) is 0 Å². The van der Waals surface area contributed by atoms with Crippen LogP contribution >= 0.6 is 0 Å². The van der Waals surface area contributed by atoms with Crippen LogP contribution in [0.1, 0.15) is 32.4 Å². The van der Waals surface area contributed by atoms with E-state index in [2.05, 4.69) is 10.3 Å². The van der Waals surface area contributed by atoms with Gasteiger partial charge in [-0.15, -0.1) is 0 Å². The first-order valence-corrected chi connectivity index (χ1v) is 6.30. The molecular weight excluding hydrogens is 235 g/mol. The van der Waals surface area contributed by atoms with E-state index in [1.165, 1.54) is 6.20 Å². The average molecular weight is 256 g/mol. The van der Waals surface area contributed by atoms with Crippen molar-refractivity contribution in [3.05, 3.63) is 29.8 Å². The third-order valence-electron chi connectivity index (χ3n) is 2.50. The van der Waals surface area contributed by atoms with Crippen molar-refractivity contribution in [2.75, 3.05) is 19.8 Å². The smallest absolute Gasteiger partial charge is 0.176 e. The van der Waals surface area contributed by atoms with Crippen LogP contribution in [0.15, 0.2) is 18.5 Å². The van der Waals surface area contributed by atoms with E-state index in [-0.39, 0.29) is 11.9 Å². The molecule has 0 amide bonds. The number of pyridine rings is 1. The van der Waals surface area contributed by atoms with Gasteiger partial charge in [0.15, 0.2) is 6.29 Å². The molecule has 4 nitrogen and oxygen atoms in total. The predicted octanol–water partition coefficient (Wildman–Crippen LogP) is 2.27. The van der Waals surface area contributed by atoms with Crippen molar-refractivity contribution >= 4 is 0 Å². The van der Waals surface area contributed by atoms with E-state index in [1.54, 1.807) is 12.3 Å². The Morgan fingerprint density at radius 3 is 2.44 bits per heavy atom. The second-order valence-electron chi connectivity index (χ2n) is 3.71. The summed E-state index contributed by atoms with van der Waals surface area (Å²) in [5.74, 6) is -0.354. The number of nitrogens with one attached hydrogen (secondary N) is 1. The standard InChI is InChI=1S/C13H21FN2O2/c1-4-16-12(13(17-5-2)18-6-3)10-7-8-15-9-11(10)14/h7-9,12-13,16H,4-6H2,1-3H3. The molecular formula is C13H21FN2O2. The zero-order chi connectivity index (χ0) is 13.4. The molecule has 0 aliphatic heterocycles. The Kier molecular flexibility index (Phi) is 6.78. The van der Waals surface area contributed by atoms with Gasteiger partial charge in [0, 0.05) is 25.0 Å². The fourth-order valence-corrected chi connectivity index (χ4v) is 1.78. The molecule has 0 fully saturated rings. The van der Waals surface area contributed by atoms with E-state index in [9.17, 15) is 4.39 Å². The number of aromatic nitrogens is 1. The summed E-state index contributed by atoms with van der Waals surface area (Å²) in [6.45, 7) is 7.46. The maximum Gasteiger partial charge on any atom is 0.176 e. The molecule has 1 unspecified atom stereocenters. The van der Waals surface area contributed by atoms with Crippen LogP contribution in [0.3, 0.4) is 0 Å². The first kappa shape index (κ1) is 15.0. The van der Waals surface area contributed by atoms with Crippen LogP contribution in [-0.2, 0) is 9.47 Å². The molecule has 0 spiro atoms. The lowest BCUT2D eigenvalue weighted by atomic mass is 10.1. The van der Waals surface area contributed by atoms with Gasteiger partial charge in [0.2, 0.25) is 0 Å². The molecule has 1 aromatic heterocycles. The lowest BCUT2D eigenvalue weighted by Gasteiger charge is -2.27. The van der Waals surface area contributed by atoms with Gasteiger partial charge in [0.1, 0.15) is 5.82 Å². The van der Waals surface area contributed by atoms with E-state index in [0.29, 0.717) is 25.3 Å². The van der Waals surface area contributed by atoms with Gasteiger partial charge in [-0.1, -0.05) is 6.92 Å². The van der Waals surface area contributed by atoms with Crippen LogP contribution in [0.2, 0.25) is 0 Å². The van der Waals surface area contributed by atoms with Crippen molar-refractivity contribution in [3.8, 4) is 0 Å². The Morgan fingerprint density at radius 1 is 1.28 bits per heavy atom. The van der Waals surface area contributed by atoms with Crippen molar-refractivity contribution < 1.29 is 13.9 Å². The quantitative estimate of drug-likeness (QED) is 0.725. The molecule has 0 bridgehead atoms. The summed E-state index contributed by atoms with van der Waals surface area (Å²) in [5.41, 5.74) is 0.513. The molecule has 1 atom stereocenters. The fourth-order valence-electron chi connectivity index (χ4n) is 1.78. The molecule has 0 radical (unpaired) electrons. The predicted molar refractivity (Wildman–Crippen MR) is 67.7 cm³/mol. The zero-order valence-corrected chi connectivity index (χ0v) is 11.1. The van der Waals surface area contributed by atoms with E-state index in [0.717, 1.165) is 0 Å². The van der Waals surface area contributed by atoms with Gasteiger partial charge in [-0.3, -0.25) is 4.98 Å². The average Bonchev–Trinajstić information content (AvgIpc) is 2.37. The van der Waals surface area contributed by atoms with Crippen LogP contribution < -0.4 is 5.32 Å². The number of rotatable bonds is 8. The van der Waals surface area contributed by atoms with Crippen molar-refractivity contribution in [2.45, 2.75) is 33.1 Å². The summed E-state index contributed by atoms with van der Waals surface area (Å²) in [6.07, 6.45) is 2.27. The molecule has 1 heterocycles. The largest absolute Gasteiger partial charge is 0.351 e. The van der Waals surface area contributed by atoms with Crippen molar-refractivity contribution in [2.24, 2.45) is 0 Å². The highest BCUT2D eigenvalue weighted by molar-refractivity contribution is 5.18. The van der Waals surface area contributed by atoms with Crippen LogP contribution in [0, 0.1) is 5.82 Å². The number of halogens is 1. The fraction of sp³-hybridized carbons (Fsp3) is 0.615. The van der Waals surface area contributed by atoms with E-state index < -0.39 is 6.29 Å². The van der Waals surface area contributed by atoms with E-state index in [1.807, 2.05) is 20.8 Å². The van der Waals surface area contributed by atoms with Crippen molar-refractivity contribution in [1.29, 1.82) is 0 Å². The van der Waals surface area contributed by atoms with Crippen LogP contribution in [0.4, 0.5) is 4.39 Å². The van der Waals surface area contributed by atoms with E-state index in [4.69, 9.17) is 9.47 Å². The van der Waals surface area contributed by atoms with Gasteiger partial charge >= 0.3 is 0 Å². The molecule has 1 aromatic rings. The first-order valence-electron chi connectivity index (χ1n) is 6.30. The van der Waals surface area contributed by atoms with Crippen LogP contribution in [0.5, 0.6) is 0 Å². The molecule has 0 aliphatic carbocycles. The molecule has 102 valence electrons. The number of ether oxygens (including phenoxy) is 2. The molecule has 0 aromatic carbocycles. The van der Waals surface area contributed by atoms with Crippen molar-refractivity contribution in [3.63, 3.8) is 0 Å². The summed E-state index contributed by atoms with van der Waals surface area (Å²) in [7, 11) is 0. The summed E-state index contributed by atoms with van der Waals surface area (Å²) in [4.78, 5) is 3.75. The minimum Gasteiger partial charge on any atom is -0.351 e. The minimum atomic E-state index is -0.503. The Labute approximate surface area is 108 Å². The van der Waals surface area contributed by atoms with Gasteiger partial charge < -0.3 is 14.8 Å². The lowest BCUT2D eigenvalue weighted by Crippen LogP contribution is -2.36. The minimum absolute atomic E-state index is 0.335. The third-order valence-corrected chi connectivity index (χ3v) is 2.50. The Hall–Kier alpha value is -1.04. The Morgan fingerprint density at radius 2 is 1.94 bits per heavy atom. The number of hydrogen-bond acceptors (Lipinski definition) is 4. The molecule has 5 heteroatoms. The molecule has 1 N–H and O–H groups in total. The van der Waals surface area contributed by atoms with Gasteiger partial charge in [-0.05, 0) is 26.5 Å². The van der Waals surface area contributed by atoms with E-state index >= 15 is 0 Å². The number of nitrogens with zero attached hydrogens (tertiary/aromatic N) is 1. The first-order chi connectivity index (χ1) is 8.74. The van der Waals surface area contributed by atoms with Gasteiger partial charge in [-0.2, -0.15) is 0 Å². The second-order valence-corrected chi connectivity index (χ2v) is 3.71. The van der Waals surface area contributed by atoms with Gasteiger partial charge in [-0.25, -0.2) is 4.39 Å². The summed E-state index contributed by atoms with van der Waals surface area (Å²) >= 11 is 0. The second kappa shape index (κ2) is 8.13. The highest BCUT2D eigenvalue weighted by Crippen LogP contribution is 2.22. The van der Waals surface area contributed by atoms with Crippen LogP contribution in [0.25, 0.3) is 0 Å².